The summed E-state index contributed by atoms with van der Waals surface area (Å²) in [5.74, 6) is -0.231. The standard InChI is InChI=1S/C25H41NO7/c1-6-26-11-22(12-30-2)8-7-16(27)24-14-9-13-15(31-3)10-23(28,17(14)18(13)32-4)25(29,21(24)26)20(33-5)19(22)24/h13-21,27-29H,6-12H2,1-5H3/t13-,14-,15+,16+,17-,18+,19-,20+,21?,22+,23-,24+,25-/m1/s1. The highest BCUT2D eigenvalue weighted by Gasteiger charge is 2.91. The van der Waals surface area contributed by atoms with Gasteiger partial charge in [-0.05, 0) is 31.7 Å². The maximum absolute atomic E-state index is 12.9. The van der Waals surface area contributed by atoms with Crippen molar-refractivity contribution < 1.29 is 34.3 Å². The summed E-state index contributed by atoms with van der Waals surface area (Å²) < 4.78 is 24.0. The third kappa shape index (κ3) is 2.20. The number of likely N-dealkylation sites (tertiary alicyclic amines) is 1. The molecule has 0 amide bonds. The van der Waals surface area contributed by atoms with Crippen molar-refractivity contribution in [1.29, 1.82) is 0 Å². The normalized spacial score (nSPS) is 60.9. The van der Waals surface area contributed by atoms with Crippen LogP contribution in [0.4, 0.5) is 0 Å². The van der Waals surface area contributed by atoms with Gasteiger partial charge in [-0.3, -0.25) is 4.90 Å². The summed E-state index contributed by atoms with van der Waals surface area (Å²) in [6.45, 7) is 4.18. The van der Waals surface area contributed by atoms with Gasteiger partial charge >= 0.3 is 0 Å². The van der Waals surface area contributed by atoms with Gasteiger partial charge in [-0.15, -0.1) is 0 Å². The van der Waals surface area contributed by atoms with Crippen molar-refractivity contribution in [3.63, 3.8) is 0 Å². The minimum Gasteiger partial charge on any atom is -0.392 e. The van der Waals surface area contributed by atoms with Crippen LogP contribution in [-0.2, 0) is 18.9 Å². The van der Waals surface area contributed by atoms with E-state index in [0.717, 1.165) is 25.9 Å². The molecule has 3 N–H and O–H groups in total. The number of nitrogens with zero attached hydrogens (tertiary/aromatic N) is 1. The molecule has 0 aromatic heterocycles. The van der Waals surface area contributed by atoms with E-state index in [9.17, 15) is 15.3 Å². The Bertz CT molecular complexity index is 814. The quantitative estimate of drug-likeness (QED) is 0.512. The Kier molecular flexibility index (Phi) is 4.99. The molecule has 1 unspecified atom stereocenters. The Morgan fingerprint density at radius 3 is 2.42 bits per heavy atom. The molecular formula is C25H41NO7. The molecule has 6 fully saturated rings. The zero-order valence-electron chi connectivity index (χ0n) is 20.6. The maximum Gasteiger partial charge on any atom is 0.136 e. The van der Waals surface area contributed by atoms with Crippen molar-refractivity contribution >= 4 is 0 Å². The fourth-order valence-electron chi connectivity index (χ4n) is 11.0. The molecule has 1 spiro atoms. The number of methoxy groups -OCH3 is 4. The van der Waals surface area contributed by atoms with Crippen LogP contribution in [0.3, 0.4) is 0 Å². The second-order valence-corrected chi connectivity index (χ2v) is 11.9. The number of likely N-dealkylation sites (N-methyl/N-ethyl adjacent to an activating group) is 1. The van der Waals surface area contributed by atoms with E-state index in [1.54, 1.807) is 28.4 Å². The van der Waals surface area contributed by atoms with Crippen molar-refractivity contribution in [3.05, 3.63) is 0 Å². The number of hydrogen-bond acceptors (Lipinski definition) is 8. The van der Waals surface area contributed by atoms with Crippen LogP contribution in [0.25, 0.3) is 0 Å². The number of aliphatic hydroxyl groups is 3. The average Bonchev–Trinajstić information content (AvgIpc) is 3.22. The van der Waals surface area contributed by atoms with Crippen molar-refractivity contribution in [2.45, 2.75) is 74.3 Å². The van der Waals surface area contributed by atoms with Gasteiger partial charge in [-0.1, -0.05) is 6.92 Å². The molecule has 6 rings (SSSR count). The summed E-state index contributed by atoms with van der Waals surface area (Å²) in [5.41, 5.74) is -3.82. The van der Waals surface area contributed by atoms with E-state index in [1.165, 1.54) is 0 Å². The van der Waals surface area contributed by atoms with Gasteiger partial charge < -0.3 is 34.3 Å². The Morgan fingerprint density at radius 1 is 1.06 bits per heavy atom. The number of hydrogen-bond donors (Lipinski definition) is 3. The number of piperidine rings is 1. The highest BCUT2D eigenvalue weighted by Crippen LogP contribution is 2.80. The van der Waals surface area contributed by atoms with Gasteiger partial charge in [-0.25, -0.2) is 0 Å². The first-order valence-electron chi connectivity index (χ1n) is 12.7. The number of fused-ring (bicyclic) bond motifs is 2. The van der Waals surface area contributed by atoms with Crippen LogP contribution >= 0.6 is 0 Å². The molecule has 0 radical (unpaired) electrons. The van der Waals surface area contributed by atoms with E-state index in [1.807, 2.05) is 0 Å². The van der Waals surface area contributed by atoms with Gasteiger partial charge in [0.25, 0.3) is 0 Å². The number of rotatable bonds is 6. The SMILES string of the molecule is CCN1C[C@]2(COC)CC[C@H](O)[C@]34C1[C@](O)([C@@H](OC)[C@H]23)[C@@]1(O)C[C@H](OC)[C@H]2C[C@@H]4[C@@H]1[C@H]2OC. The fourth-order valence-corrected chi connectivity index (χ4v) is 11.0. The summed E-state index contributed by atoms with van der Waals surface area (Å²) >= 11 is 0. The Labute approximate surface area is 196 Å². The van der Waals surface area contributed by atoms with Crippen molar-refractivity contribution in [2.75, 3.05) is 48.1 Å². The molecule has 6 aliphatic rings. The lowest BCUT2D eigenvalue weighted by Gasteiger charge is -2.69. The molecule has 5 saturated carbocycles. The third-order valence-electron chi connectivity index (χ3n) is 11.5. The molecule has 8 heteroatoms. The zero-order chi connectivity index (χ0) is 23.6. The maximum atomic E-state index is 12.9. The van der Waals surface area contributed by atoms with Crippen LogP contribution in [0.5, 0.6) is 0 Å². The summed E-state index contributed by atoms with van der Waals surface area (Å²) in [5, 5.41) is 37.6. The van der Waals surface area contributed by atoms with Crippen molar-refractivity contribution in [1.82, 2.24) is 4.90 Å². The first-order chi connectivity index (χ1) is 15.8. The molecule has 0 aromatic rings. The molecule has 1 aliphatic heterocycles. The number of aliphatic hydroxyl groups excluding tert-OH is 1. The first kappa shape index (κ1) is 23.1. The largest absolute Gasteiger partial charge is 0.392 e. The summed E-state index contributed by atoms with van der Waals surface area (Å²) in [6.07, 6.45) is 1.06. The van der Waals surface area contributed by atoms with Gasteiger partial charge in [0, 0.05) is 70.0 Å². The Morgan fingerprint density at radius 2 is 1.82 bits per heavy atom. The lowest BCUT2D eigenvalue weighted by molar-refractivity contribution is -0.318. The smallest absolute Gasteiger partial charge is 0.136 e. The highest BCUT2D eigenvalue weighted by atomic mass is 16.5. The van der Waals surface area contributed by atoms with Gasteiger partial charge in [0.1, 0.15) is 11.2 Å². The molecule has 1 saturated heterocycles. The average molecular weight is 468 g/mol. The predicted octanol–water partition coefficient (Wildman–Crippen LogP) is 0.271. The molecule has 1 heterocycles. The van der Waals surface area contributed by atoms with E-state index in [4.69, 9.17) is 18.9 Å². The second-order valence-electron chi connectivity index (χ2n) is 11.9. The zero-order valence-corrected chi connectivity index (χ0v) is 20.6. The van der Waals surface area contributed by atoms with E-state index in [0.29, 0.717) is 19.4 Å². The lowest BCUT2D eigenvalue weighted by Crippen LogP contribution is -2.82. The molecule has 0 aromatic carbocycles. The van der Waals surface area contributed by atoms with Crippen LogP contribution in [0, 0.1) is 34.5 Å². The molecular weight excluding hydrogens is 426 g/mol. The third-order valence-corrected chi connectivity index (χ3v) is 11.5. The van der Waals surface area contributed by atoms with E-state index < -0.39 is 28.8 Å². The summed E-state index contributed by atoms with van der Waals surface area (Å²) in [6, 6.07) is -0.386. The van der Waals surface area contributed by atoms with Crippen LogP contribution in [0.15, 0.2) is 0 Å². The van der Waals surface area contributed by atoms with Crippen LogP contribution < -0.4 is 0 Å². The van der Waals surface area contributed by atoms with Crippen LogP contribution in [-0.4, -0.2) is 110 Å². The molecule has 5 aliphatic carbocycles. The first-order valence-corrected chi connectivity index (χ1v) is 12.7. The minimum absolute atomic E-state index is 0.00825. The number of ether oxygens (including phenoxy) is 4. The van der Waals surface area contributed by atoms with Crippen LogP contribution in [0.1, 0.15) is 32.6 Å². The van der Waals surface area contributed by atoms with E-state index >= 15 is 0 Å². The minimum atomic E-state index is -1.55. The topological polar surface area (TPSA) is 101 Å². The summed E-state index contributed by atoms with van der Waals surface area (Å²) in [4.78, 5) is 2.33. The van der Waals surface area contributed by atoms with Crippen molar-refractivity contribution in [3.8, 4) is 0 Å². The van der Waals surface area contributed by atoms with E-state index in [2.05, 4.69) is 11.8 Å². The molecule has 188 valence electrons. The van der Waals surface area contributed by atoms with Gasteiger partial charge in [-0.2, -0.15) is 0 Å². The monoisotopic (exact) mass is 467 g/mol. The van der Waals surface area contributed by atoms with Crippen LogP contribution in [0.2, 0.25) is 0 Å². The molecule has 8 nitrogen and oxygen atoms in total. The molecule has 13 atom stereocenters. The van der Waals surface area contributed by atoms with Gasteiger partial charge in [0.05, 0.1) is 37.1 Å². The summed E-state index contributed by atoms with van der Waals surface area (Å²) in [7, 11) is 6.79. The van der Waals surface area contributed by atoms with Gasteiger partial charge in [0.15, 0.2) is 0 Å². The second kappa shape index (κ2) is 7.13. The highest BCUT2D eigenvalue weighted by molar-refractivity contribution is 5.41. The fraction of sp³-hybridized carbons (Fsp3) is 1.00. The molecule has 33 heavy (non-hydrogen) atoms. The molecule has 7 bridgehead atoms. The van der Waals surface area contributed by atoms with E-state index in [-0.39, 0.29) is 47.3 Å². The lowest BCUT2D eigenvalue weighted by atomic mass is 9.42. The van der Waals surface area contributed by atoms with Gasteiger partial charge in [0.2, 0.25) is 0 Å². The van der Waals surface area contributed by atoms with Crippen molar-refractivity contribution in [2.24, 2.45) is 34.5 Å². The Hall–Kier alpha value is -0.320. The Balaban J connectivity index is 1.67. The predicted molar refractivity (Wildman–Crippen MR) is 119 cm³/mol.